The maximum atomic E-state index is 12.3. The molecule has 7 nitrogen and oxygen atoms in total. The Labute approximate surface area is 148 Å². The second kappa shape index (κ2) is 6.44. The van der Waals surface area contributed by atoms with Crippen LogP contribution in [0.3, 0.4) is 0 Å². The second-order valence-corrected chi connectivity index (χ2v) is 7.01. The number of thioether (sulfide) groups is 1. The monoisotopic (exact) mass is 359 g/mol. The Morgan fingerprint density at radius 3 is 3.08 bits per heavy atom. The zero-order valence-electron chi connectivity index (χ0n) is 13.7. The lowest BCUT2D eigenvalue weighted by atomic mass is 10.2. The van der Waals surface area contributed by atoms with Crippen LogP contribution in [0.25, 0.3) is 0 Å². The first kappa shape index (κ1) is 16.0. The van der Waals surface area contributed by atoms with E-state index in [4.69, 9.17) is 9.47 Å². The number of benzene rings is 1. The number of carbonyl (C=O) groups is 1. The number of hydrogen-bond donors (Lipinski definition) is 1. The molecule has 0 fully saturated rings. The summed E-state index contributed by atoms with van der Waals surface area (Å²) in [6.07, 6.45) is 0.259. The van der Waals surface area contributed by atoms with Gasteiger partial charge in [-0.3, -0.25) is 14.2 Å². The van der Waals surface area contributed by atoms with E-state index in [1.54, 1.807) is 11.5 Å². The smallest absolute Gasteiger partial charge is 0.254 e. The molecule has 2 aliphatic heterocycles. The zero-order valence-corrected chi connectivity index (χ0v) is 14.5. The van der Waals surface area contributed by atoms with Crippen molar-refractivity contribution in [3.8, 4) is 11.5 Å². The third-order valence-electron chi connectivity index (χ3n) is 4.17. The van der Waals surface area contributed by atoms with Gasteiger partial charge in [0.1, 0.15) is 0 Å². The molecule has 0 saturated carbocycles. The van der Waals surface area contributed by atoms with Crippen molar-refractivity contribution in [2.75, 3.05) is 12.5 Å². The predicted molar refractivity (Wildman–Crippen MR) is 92.0 cm³/mol. The van der Waals surface area contributed by atoms with E-state index < -0.39 is 0 Å². The largest absolute Gasteiger partial charge is 0.454 e. The predicted octanol–water partition coefficient (Wildman–Crippen LogP) is 1.63. The van der Waals surface area contributed by atoms with Gasteiger partial charge in [0, 0.05) is 30.5 Å². The van der Waals surface area contributed by atoms with Crippen LogP contribution < -0.4 is 20.3 Å². The SMILES string of the molecule is Cc1cc(=O)n2c(n1)SC[C@@H]2CC(=O)NCc1ccc2c(c1)OCO2. The van der Waals surface area contributed by atoms with Gasteiger partial charge in [-0.1, -0.05) is 17.8 Å². The summed E-state index contributed by atoms with van der Waals surface area (Å²) in [4.78, 5) is 28.8. The van der Waals surface area contributed by atoms with E-state index in [0.29, 0.717) is 28.9 Å². The van der Waals surface area contributed by atoms with Gasteiger partial charge in [-0.05, 0) is 24.6 Å². The Balaban J connectivity index is 1.39. The summed E-state index contributed by atoms with van der Waals surface area (Å²) < 4.78 is 12.2. The van der Waals surface area contributed by atoms with Crippen LogP contribution in [0, 0.1) is 6.92 Å². The van der Waals surface area contributed by atoms with Crippen LogP contribution in [-0.4, -0.2) is 28.0 Å². The number of nitrogens with one attached hydrogen (secondary N) is 1. The lowest BCUT2D eigenvalue weighted by Gasteiger charge is -2.13. The Kier molecular flexibility index (Phi) is 4.12. The van der Waals surface area contributed by atoms with Crippen molar-refractivity contribution in [3.63, 3.8) is 0 Å². The molecule has 1 amide bonds. The van der Waals surface area contributed by atoms with Crippen molar-refractivity contribution in [2.24, 2.45) is 0 Å². The number of hydrogen-bond acceptors (Lipinski definition) is 6. The van der Waals surface area contributed by atoms with Crippen molar-refractivity contribution in [1.82, 2.24) is 14.9 Å². The highest BCUT2D eigenvalue weighted by molar-refractivity contribution is 7.99. The minimum absolute atomic E-state index is 0.0939. The van der Waals surface area contributed by atoms with Crippen LogP contribution in [0.15, 0.2) is 34.2 Å². The molecule has 1 aromatic heterocycles. The van der Waals surface area contributed by atoms with Crippen LogP contribution in [0.1, 0.15) is 23.7 Å². The van der Waals surface area contributed by atoms with Gasteiger partial charge in [-0.2, -0.15) is 0 Å². The van der Waals surface area contributed by atoms with E-state index >= 15 is 0 Å². The summed E-state index contributed by atoms with van der Waals surface area (Å²) >= 11 is 1.52. The summed E-state index contributed by atoms with van der Waals surface area (Å²) in [6, 6.07) is 6.94. The quantitative estimate of drug-likeness (QED) is 0.836. The molecule has 3 heterocycles. The molecular weight excluding hydrogens is 342 g/mol. The fourth-order valence-electron chi connectivity index (χ4n) is 2.95. The number of carbonyl (C=O) groups excluding carboxylic acids is 1. The van der Waals surface area contributed by atoms with Gasteiger partial charge in [0.15, 0.2) is 16.7 Å². The van der Waals surface area contributed by atoms with E-state index in [0.717, 1.165) is 11.3 Å². The van der Waals surface area contributed by atoms with Gasteiger partial charge in [-0.15, -0.1) is 0 Å². The average Bonchev–Trinajstić information content (AvgIpc) is 3.19. The standard InChI is InChI=1S/C17H17N3O4S/c1-10-4-16(22)20-12(8-25-17(20)19-10)6-15(21)18-7-11-2-3-13-14(5-11)24-9-23-13/h2-5,12H,6-9H2,1H3,(H,18,21)/t12-/m0/s1. The number of fused-ring (bicyclic) bond motifs is 2. The van der Waals surface area contributed by atoms with Crippen molar-refractivity contribution in [3.05, 3.63) is 45.9 Å². The summed E-state index contributed by atoms with van der Waals surface area (Å²) in [5.74, 6) is 2.00. The van der Waals surface area contributed by atoms with Crippen molar-refractivity contribution < 1.29 is 14.3 Å². The molecule has 25 heavy (non-hydrogen) atoms. The van der Waals surface area contributed by atoms with E-state index in [9.17, 15) is 9.59 Å². The van der Waals surface area contributed by atoms with Crippen molar-refractivity contribution in [2.45, 2.75) is 31.1 Å². The normalized spacial score (nSPS) is 17.4. The zero-order chi connectivity index (χ0) is 17.4. The topological polar surface area (TPSA) is 82.5 Å². The molecule has 2 aliphatic rings. The highest BCUT2D eigenvalue weighted by atomic mass is 32.2. The fraction of sp³-hybridized carbons (Fsp3) is 0.353. The molecule has 8 heteroatoms. The van der Waals surface area contributed by atoms with Crippen LogP contribution >= 0.6 is 11.8 Å². The molecule has 0 aliphatic carbocycles. The van der Waals surface area contributed by atoms with E-state index in [-0.39, 0.29) is 30.7 Å². The van der Waals surface area contributed by atoms with Gasteiger partial charge in [-0.25, -0.2) is 4.98 Å². The number of aryl methyl sites for hydroxylation is 1. The van der Waals surface area contributed by atoms with Gasteiger partial charge in [0.2, 0.25) is 12.7 Å². The van der Waals surface area contributed by atoms with Crippen LogP contribution in [-0.2, 0) is 11.3 Å². The lowest BCUT2D eigenvalue weighted by molar-refractivity contribution is -0.121. The Morgan fingerprint density at radius 2 is 2.20 bits per heavy atom. The summed E-state index contributed by atoms with van der Waals surface area (Å²) in [5.41, 5.74) is 1.55. The maximum Gasteiger partial charge on any atom is 0.254 e. The Hall–Kier alpha value is -2.48. The fourth-order valence-corrected chi connectivity index (χ4v) is 4.15. The molecule has 2 aromatic rings. The number of rotatable bonds is 4. The number of aromatic nitrogens is 2. The molecule has 0 radical (unpaired) electrons. The maximum absolute atomic E-state index is 12.3. The molecule has 130 valence electrons. The highest BCUT2D eigenvalue weighted by Crippen LogP contribution is 2.33. The third-order valence-corrected chi connectivity index (χ3v) is 5.26. The molecule has 0 bridgehead atoms. The van der Waals surface area contributed by atoms with Crippen LogP contribution in [0.5, 0.6) is 11.5 Å². The van der Waals surface area contributed by atoms with Crippen LogP contribution in [0.4, 0.5) is 0 Å². The van der Waals surface area contributed by atoms with Gasteiger partial charge in [0.25, 0.3) is 5.56 Å². The summed E-state index contributed by atoms with van der Waals surface area (Å²) in [7, 11) is 0. The molecule has 1 aromatic carbocycles. The van der Waals surface area contributed by atoms with Crippen LogP contribution in [0.2, 0.25) is 0 Å². The van der Waals surface area contributed by atoms with E-state index in [2.05, 4.69) is 10.3 Å². The molecule has 0 spiro atoms. The van der Waals surface area contributed by atoms with Gasteiger partial charge < -0.3 is 14.8 Å². The minimum atomic E-state index is -0.155. The molecule has 0 saturated heterocycles. The van der Waals surface area contributed by atoms with E-state index in [1.807, 2.05) is 18.2 Å². The molecule has 1 N–H and O–H groups in total. The summed E-state index contributed by atoms with van der Waals surface area (Å²) in [5, 5.41) is 3.59. The number of nitrogens with zero attached hydrogens (tertiary/aromatic N) is 2. The molecule has 0 unspecified atom stereocenters. The highest BCUT2D eigenvalue weighted by Gasteiger charge is 2.27. The van der Waals surface area contributed by atoms with Crippen molar-refractivity contribution >= 4 is 17.7 Å². The minimum Gasteiger partial charge on any atom is -0.454 e. The van der Waals surface area contributed by atoms with E-state index in [1.165, 1.54) is 17.8 Å². The number of amides is 1. The first-order chi connectivity index (χ1) is 12.1. The summed E-state index contributed by atoms with van der Waals surface area (Å²) in [6.45, 7) is 2.43. The van der Waals surface area contributed by atoms with Gasteiger partial charge >= 0.3 is 0 Å². The second-order valence-electron chi connectivity index (χ2n) is 6.02. The average molecular weight is 359 g/mol. The Bertz CT molecular complexity index is 896. The van der Waals surface area contributed by atoms with Crippen molar-refractivity contribution in [1.29, 1.82) is 0 Å². The van der Waals surface area contributed by atoms with Gasteiger partial charge in [0.05, 0.1) is 6.04 Å². The Morgan fingerprint density at radius 1 is 1.36 bits per heavy atom. The molecular formula is C17H17N3O4S. The molecule has 1 atom stereocenters. The first-order valence-corrected chi connectivity index (χ1v) is 8.97. The molecule has 4 rings (SSSR count). The number of ether oxygens (including phenoxy) is 2. The first-order valence-electron chi connectivity index (χ1n) is 7.98. The third kappa shape index (κ3) is 3.21. The lowest BCUT2D eigenvalue weighted by Crippen LogP contribution is -2.30.